The normalized spacial score (nSPS) is 17.0. The minimum Gasteiger partial charge on any atom is -0.268 e. The first-order valence-electron chi connectivity index (χ1n) is 2.14. The number of nitrogens with zero attached hydrogens (tertiary/aromatic N) is 1. The van der Waals surface area contributed by atoms with Gasteiger partial charge in [0.25, 0.3) is 0 Å². The monoisotopic (exact) mass is 95.1 g/mol. The zero-order valence-electron chi connectivity index (χ0n) is 3.96. The van der Waals surface area contributed by atoms with Crippen LogP contribution in [0.5, 0.6) is 0 Å². The van der Waals surface area contributed by atoms with Crippen LogP contribution in [0.15, 0.2) is 18.4 Å². The van der Waals surface area contributed by atoms with Crippen LogP contribution in [0.25, 0.3) is 0 Å². The lowest BCUT2D eigenvalue weighted by Gasteiger charge is -2.03. The molecule has 2 nitrogen and oxygen atoms in total. The Morgan fingerprint density at radius 1 is 1.71 bits per heavy atom. The molecular weight excluding hydrogens is 88.1 g/mol. The highest BCUT2D eigenvalue weighted by Crippen LogP contribution is 1.87. The molecule has 36 valence electrons. The largest absolute Gasteiger partial charge is 0.268 e. The second-order valence-corrected chi connectivity index (χ2v) is 1.38. The molecule has 0 saturated carbocycles. The predicted molar refractivity (Wildman–Crippen MR) is 27.8 cm³/mol. The Hall–Kier alpha value is -0.850. The molecule has 1 heterocycles. The molecule has 0 spiro atoms. The van der Waals surface area contributed by atoms with Gasteiger partial charge in [-0.05, 0) is 0 Å². The predicted octanol–water partition coefficient (Wildman–Crippen LogP) is 0.0488. The lowest BCUT2D eigenvalue weighted by molar-refractivity contribution is 0.428. The molecule has 1 aliphatic heterocycles. The second-order valence-electron chi connectivity index (χ2n) is 1.38. The fourth-order valence-corrected chi connectivity index (χ4v) is 0.432. The van der Waals surface area contributed by atoms with Gasteiger partial charge in [0.1, 0.15) is 6.20 Å². The molecule has 2 N–H and O–H groups in total. The van der Waals surface area contributed by atoms with Crippen molar-refractivity contribution in [3.05, 3.63) is 24.4 Å². The van der Waals surface area contributed by atoms with Gasteiger partial charge in [-0.25, -0.2) is 5.84 Å². The van der Waals surface area contributed by atoms with Crippen molar-refractivity contribution >= 4 is 0 Å². The van der Waals surface area contributed by atoms with Crippen LogP contribution in [0.3, 0.4) is 0 Å². The number of hydrogen-bond donors (Lipinski definition) is 1. The molecule has 0 aromatic carbocycles. The van der Waals surface area contributed by atoms with Gasteiger partial charge < -0.3 is 0 Å². The van der Waals surface area contributed by atoms with Crippen LogP contribution in [0.4, 0.5) is 0 Å². The van der Waals surface area contributed by atoms with Crippen molar-refractivity contribution in [1.29, 1.82) is 0 Å². The van der Waals surface area contributed by atoms with E-state index < -0.39 is 0 Å². The van der Waals surface area contributed by atoms with Crippen LogP contribution >= 0.6 is 0 Å². The van der Waals surface area contributed by atoms with Crippen LogP contribution in [0.2, 0.25) is 0 Å². The van der Waals surface area contributed by atoms with Gasteiger partial charge in [-0.15, -0.1) is 0 Å². The Morgan fingerprint density at radius 3 is 2.86 bits per heavy atom. The topological polar surface area (TPSA) is 29.3 Å². The fourth-order valence-electron chi connectivity index (χ4n) is 0.432. The Morgan fingerprint density at radius 2 is 2.57 bits per heavy atom. The third kappa shape index (κ3) is 1.000. The maximum absolute atomic E-state index is 5.30. The third-order valence-electron chi connectivity index (χ3n) is 0.765. The van der Waals surface area contributed by atoms with Crippen molar-refractivity contribution in [3.8, 4) is 0 Å². The van der Waals surface area contributed by atoms with Gasteiger partial charge in [0.2, 0.25) is 0 Å². The highest BCUT2D eigenvalue weighted by Gasteiger charge is 1.97. The summed E-state index contributed by atoms with van der Waals surface area (Å²) < 4.78 is 0. The van der Waals surface area contributed by atoms with Crippen molar-refractivity contribution in [1.82, 2.24) is 5.01 Å². The van der Waals surface area contributed by atoms with Gasteiger partial charge in [-0.1, -0.05) is 0 Å². The minimum atomic E-state index is 0.705. The highest BCUT2D eigenvalue weighted by molar-refractivity contribution is 5.03. The molecule has 2 heteroatoms. The van der Waals surface area contributed by atoms with E-state index in [1.165, 1.54) is 0 Å². The summed E-state index contributed by atoms with van der Waals surface area (Å²) in [6, 6.07) is 0. The summed E-state index contributed by atoms with van der Waals surface area (Å²) in [5.41, 5.74) is 0. The van der Waals surface area contributed by atoms with Crippen LogP contribution in [0.1, 0.15) is 0 Å². The van der Waals surface area contributed by atoms with Gasteiger partial charge in [-0.2, -0.15) is 0 Å². The van der Waals surface area contributed by atoms with Gasteiger partial charge in [0.05, 0.1) is 12.2 Å². The van der Waals surface area contributed by atoms with Crippen LogP contribution in [-0.4, -0.2) is 11.6 Å². The SMILES string of the molecule is NN1C=CC=[C+]C1. The maximum Gasteiger partial charge on any atom is 0.172 e. The van der Waals surface area contributed by atoms with Crippen molar-refractivity contribution in [2.45, 2.75) is 0 Å². The van der Waals surface area contributed by atoms with E-state index in [0.29, 0.717) is 6.54 Å². The Labute approximate surface area is 42.9 Å². The van der Waals surface area contributed by atoms with E-state index >= 15 is 0 Å². The molecule has 0 aromatic rings. The molecule has 1 aliphatic rings. The molecule has 0 saturated heterocycles. The molecule has 0 amide bonds. The van der Waals surface area contributed by atoms with Crippen LogP contribution in [-0.2, 0) is 0 Å². The van der Waals surface area contributed by atoms with E-state index in [-0.39, 0.29) is 0 Å². The number of rotatable bonds is 0. The number of hydrazine groups is 1. The Bertz CT molecular complexity index is 105. The average Bonchev–Trinajstić information content (AvgIpc) is 1.69. The average molecular weight is 95.1 g/mol. The van der Waals surface area contributed by atoms with Gasteiger partial charge >= 0.3 is 0 Å². The number of hydrogen-bond acceptors (Lipinski definition) is 2. The molecule has 0 aliphatic carbocycles. The number of allylic oxidation sites excluding steroid dienone is 2. The molecule has 7 heavy (non-hydrogen) atoms. The van der Waals surface area contributed by atoms with E-state index in [1.54, 1.807) is 11.2 Å². The molecule has 0 radical (unpaired) electrons. The standard InChI is InChI=1S/C5H7N2/c6-7-4-2-1-3-5-7/h1-2,4H,5-6H2/q+1. The van der Waals surface area contributed by atoms with E-state index in [0.717, 1.165) is 0 Å². The number of nitrogens with two attached hydrogens (primary N) is 1. The maximum atomic E-state index is 5.30. The second kappa shape index (κ2) is 1.73. The zero-order chi connectivity index (χ0) is 5.11. The first-order valence-corrected chi connectivity index (χ1v) is 2.14. The molecular formula is C5H7N2+. The molecule has 1 rings (SSSR count). The van der Waals surface area contributed by atoms with Gasteiger partial charge in [0.15, 0.2) is 12.6 Å². The molecule has 0 unspecified atom stereocenters. The van der Waals surface area contributed by atoms with Gasteiger partial charge in [-0.3, -0.25) is 5.01 Å². The van der Waals surface area contributed by atoms with Crippen molar-refractivity contribution in [3.63, 3.8) is 0 Å². The highest BCUT2D eigenvalue weighted by atomic mass is 15.4. The van der Waals surface area contributed by atoms with Crippen LogP contribution < -0.4 is 5.84 Å². The fraction of sp³-hybridized carbons (Fsp3) is 0.200. The summed E-state index contributed by atoms with van der Waals surface area (Å²) >= 11 is 0. The van der Waals surface area contributed by atoms with Crippen molar-refractivity contribution in [2.75, 3.05) is 6.54 Å². The Balaban J connectivity index is 2.49. The molecule has 0 atom stereocenters. The van der Waals surface area contributed by atoms with E-state index in [9.17, 15) is 0 Å². The zero-order valence-corrected chi connectivity index (χ0v) is 3.96. The summed E-state index contributed by atoms with van der Waals surface area (Å²) in [6.07, 6.45) is 8.43. The lowest BCUT2D eigenvalue weighted by atomic mass is 10.4. The molecule has 0 bridgehead atoms. The molecule has 0 fully saturated rings. The first kappa shape index (κ1) is 4.31. The lowest BCUT2D eigenvalue weighted by Crippen LogP contribution is -2.26. The summed E-state index contributed by atoms with van der Waals surface area (Å²) in [4.78, 5) is 0. The van der Waals surface area contributed by atoms with Crippen molar-refractivity contribution < 1.29 is 0 Å². The smallest absolute Gasteiger partial charge is 0.172 e. The van der Waals surface area contributed by atoms with E-state index in [1.807, 2.05) is 12.2 Å². The summed E-state index contributed by atoms with van der Waals surface area (Å²) in [5.74, 6) is 5.30. The van der Waals surface area contributed by atoms with E-state index in [4.69, 9.17) is 5.84 Å². The summed E-state index contributed by atoms with van der Waals surface area (Å²) in [6.45, 7) is 0.705. The van der Waals surface area contributed by atoms with E-state index in [2.05, 4.69) is 6.08 Å². The van der Waals surface area contributed by atoms with Crippen molar-refractivity contribution in [2.24, 2.45) is 5.84 Å². The summed E-state index contributed by atoms with van der Waals surface area (Å²) in [5, 5.41) is 1.57. The third-order valence-corrected chi connectivity index (χ3v) is 0.765. The van der Waals surface area contributed by atoms with Gasteiger partial charge in [0, 0.05) is 0 Å². The Kier molecular flexibility index (Phi) is 1.07. The molecule has 0 aromatic heterocycles. The van der Waals surface area contributed by atoms with Crippen LogP contribution in [0, 0.1) is 6.08 Å². The summed E-state index contributed by atoms with van der Waals surface area (Å²) in [7, 11) is 0. The minimum absolute atomic E-state index is 0.705. The quantitative estimate of drug-likeness (QED) is 0.340. The first-order chi connectivity index (χ1) is 3.39.